The maximum atomic E-state index is 11.9. The summed E-state index contributed by atoms with van der Waals surface area (Å²) in [4.78, 5) is 26.1. The minimum atomic E-state index is 0.0208. The minimum Gasteiger partial charge on any atom is -0.381 e. The Labute approximate surface area is 159 Å². The molecule has 0 aromatic carbocycles. The second-order valence-corrected chi connectivity index (χ2v) is 7.38. The summed E-state index contributed by atoms with van der Waals surface area (Å²) in [5, 5.41) is 4.75. The largest absolute Gasteiger partial charge is 0.381 e. The van der Waals surface area contributed by atoms with E-state index in [-0.39, 0.29) is 5.91 Å². The van der Waals surface area contributed by atoms with Gasteiger partial charge in [0.2, 0.25) is 5.91 Å². The molecular weight excluding hydrogens is 342 g/mol. The van der Waals surface area contributed by atoms with Crippen LogP contribution in [-0.2, 0) is 9.53 Å². The number of ether oxygens (including phenoxy) is 1. The number of rotatable bonds is 4. The summed E-state index contributed by atoms with van der Waals surface area (Å²) < 4.78 is 5.52. The molecule has 144 valence electrons. The highest BCUT2D eigenvalue weighted by Gasteiger charge is 2.24. The fraction of sp³-hybridized carbons (Fsp3) is 0.550. The third kappa shape index (κ3) is 3.83. The molecule has 2 aromatic heterocycles. The van der Waals surface area contributed by atoms with E-state index in [1.54, 1.807) is 6.33 Å². The summed E-state index contributed by atoms with van der Waals surface area (Å²) in [5.41, 5.74) is 2.17. The zero-order valence-corrected chi connectivity index (χ0v) is 15.6. The molecule has 2 aliphatic heterocycles. The van der Waals surface area contributed by atoms with Crippen molar-refractivity contribution in [3.8, 4) is 0 Å². The first-order valence-corrected chi connectivity index (χ1v) is 9.84. The SMILES string of the molecule is C=CC(=O)N1CCC[C@@H](Nc2ncnc3[nH]cc(C4CCOCC4)c23)CC1. The van der Waals surface area contributed by atoms with Crippen molar-refractivity contribution < 1.29 is 9.53 Å². The number of anilines is 1. The Hall–Kier alpha value is -2.41. The van der Waals surface area contributed by atoms with E-state index in [0.29, 0.717) is 12.0 Å². The minimum absolute atomic E-state index is 0.0208. The van der Waals surface area contributed by atoms with Gasteiger partial charge in [0.05, 0.1) is 5.39 Å². The van der Waals surface area contributed by atoms with Crippen LogP contribution < -0.4 is 5.32 Å². The van der Waals surface area contributed by atoms with Crippen LogP contribution in [0.1, 0.15) is 43.6 Å². The number of H-pyrrole nitrogens is 1. The van der Waals surface area contributed by atoms with Gasteiger partial charge in [-0.2, -0.15) is 0 Å². The maximum absolute atomic E-state index is 11.9. The predicted molar refractivity (Wildman–Crippen MR) is 105 cm³/mol. The van der Waals surface area contributed by atoms with Crippen LogP contribution in [0, 0.1) is 0 Å². The molecule has 1 amide bonds. The lowest BCUT2D eigenvalue weighted by atomic mass is 9.92. The van der Waals surface area contributed by atoms with Gasteiger partial charge in [0.25, 0.3) is 0 Å². The van der Waals surface area contributed by atoms with Gasteiger partial charge in [-0.3, -0.25) is 4.79 Å². The lowest BCUT2D eigenvalue weighted by Crippen LogP contribution is -2.31. The Morgan fingerprint density at radius 1 is 1.26 bits per heavy atom. The van der Waals surface area contributed by atoms with E-state index >= 15 is 0 Å². The van der Waals surface area contributed by atoms with Crippen molar-refractivity contribution in [2.24, 2.45) is 0 Å². The Bertz CT molecular complexity index is 812. The van der Waals surface area contributed by atoms with Gasteiger partial charge in [-0.1, -0.05) is 6.58 Å². The molecule has 7 heteroatoms. The lowest BCUT2D eigenvalue weighted by molar-refractivity contribution is -0.125. The van der Waals surface area contributed by atoms with Gasteiger partial charge in [0, 0.05) is 38.5 Å². The molecule has 2 aliphatic rings. The number of aromatic amines is 1. The summed E-state index contributed by atoms with van der Waals surface area (Å²) in [5.74, 6) is 1.40. The molecule has 1 atom stereocenters. The third-order valence-corrected chi connectivity index (χ3v) is 5.72. The van der Waals surface area contributed by atoms with Gasteiger partial charge in [-0.05, 0) is 49.7 Å². The van der Waals surface area contributed by atoms with Crippen molar-refractivity contribution in [2.75, 3.05) is 31.6 Å². The average Bonchev–Trinajstić information content (AvgIpc) is 3.02. The fourth-order valence-corrected chi connectivity index (χ4v) is 4.21. The molecule has 0 radical (unpaired) electrons. The normalized spacial score (nSPS) is 21.8. The number of carbonyl (C=O) groups excluding carboxylic acids is 1. The smallest absolute Gasteiger partial charge is 0.245 e. The van der Waals surface area contributed by atoms with Crippen molar-refractivity contribution in [3.05, 3.63) is 30.7 Å². The van der Waals surface area contributed by atoms with Crippen LogP contribution in [0.25, 0.3) is 11.0 Å². The Kier molecular flexibility index (Phi) is 5.38. The molecule has 2 N–H and O–H groups in total. The summed E-state index contributed by atoms with van der Waals surface area (Å²) in [7, 11) is 0. The van der Waals surface area contributed by atoms with E-state index in [4.69, 9.17) is 4.74 Å². The highest BCUT2D eigenvalue weighted by molar-refractivity contribution is 5.91. The molecule has 7 nitrogen and oxygen atoms in total. The third-order valence-electron chi connectivity index (χ3n) is 5.72. The molecule has 0 spiro atoms. The zero-order chi connectivity index (χ0) is 18.6. The van der Waals surface area contributed by atoms with E-state index in [1.807, 2.05) is 4.90 Å². The van der Waals surface area contributed by atoms with Crippen molar-refractivity contribution in [3.63, 3.8) is 0 Å². The molecule has 27 heavy (non-hydrogen) atoms. The topological polar surface area (TPSA) is 83.1 Å². The number of hydrogen-bond acceptors (Lipinski definition) is 5. The Balaban J connectivity index is 1.54. The number of amides is 1. The Morgan fingerprint density at radius 3 is 2.93 bits per heavy atom. The van der Waals surface area contributed by atoms with Gasteiger partial charge in [-0.15, -0.1) is 0 Å². The standard InChI is InChI=1S/C20H27N5O2/c1-2-17(26)25-8-3-4-15(5-9-25)24-20-18-16(14-6-10-27-11-7-14)12-21-19(18)22-13-23-20/h2,12-15H,1,3-11H2,(H2,21,22,23,24)/t15-/m1/s1. The van der Waals surface area contributed by atoms with Gasteiger partial charge < -0.3 is 19.9 Å². The number of hydrogen-bond donors (Lipinski definition) is 2. The van der Waals surface area contributed by atoms with E-state index in [0.717, 1.165) is 75.3 Å². The molecule has 4 heterocycles. The number of nitrogens with one attached hydrogen (secondary N) is 2. The number of fused-ring (bicyclic) bond motifs is 1. The predicted octanol–water partition coefficient (Wildman–Crippen LogP) is 2.83. The highest BCUT2D eigenvalue weighted by Crippen LogP contribution is 2.35. The van der Waals surface area contributed by atoms with Gasteiger partial charge >= 0.3 is 0 Å². The van der Waals surface area contributed by atoms with Crippen LogP contribution in [-0.4, -0.2) is 58.1 Å². The first-order chi connectivity index (χ1) is 13.3. The lowest BCUT2D eigenvalue weighted by Gasteiger charge is -2.23. The van der Waals surface area contributed by atoms with Crippen LogP contribution in [0.5, 0.6) is 0 Å². The molecule has 2 aromatic rings. The van der Waals surface area contributed by atoms with E-state index in [9.17, 15) is 4.79 Å². The van der Waals surface area contributed by atoms with Crippen molar-refractivity contribution in [1.29, 1.82) is 0 Å². The quantitative estimate of drug-likeness (QED) is 0.810. The summed E-state index contributed by atoms with van der Waals surface area (Å²) in [6.45, 7) is 6.76. The first kappa shape index (κ1) is 18.0. The van der Waals surface area contributed by atoms with Crippen LogP contribution in [0.2, 0.25) is 0 Å². The highest BCUT2D eigenvalue weighted by atomic mass is 16.5. The van der Waals surface area contributed by atoms with E-state index in [1.165, 1.54) is 11.6 Å². The van der Waals surface area contributed by atoms with Crippen molar-refractivity contribution >= 4 is 22.8 Å². The Morgan fingerprint density at radius 2 is 2.11 bits per heavy atom. The number of aromatic nitrogens is 3. The average molecular weight is 369 g/mol. The second kappa shape index (κ2) is 8.08. The summed E-state index contributed by atoms with van der Waals surface area (Å²) in [6.07, 6.45) is 10.1. The van der Waals surface area contributed by atoms with Gasteiger partial charge in [-0.25, -0.2) is 9.97 Å². The fourth-order valence-electron chi connectivity index (χ4n) is 4.21. The molecule has 2 fully saturated rings. The van der Waals surface area contributed by atoms with Crippen LogP contribution in [0.15, 0.2) is 25.2 Å². The molecular formula is C20H27N5O2. The van der Waals surface area contributed by atoms with Crippen LogP contribution in [0.4, 0.5) is 5.82 Å². The van der Waals surface area contributed by atoms with Crippen molar-refractivity contribution in [1.82, 2.24) is 19.9 Å². The monoisotopic (exact) mass is 369 g/mol. The number of nitrogens with zero attached hydrogens (tertiary/aromatic N) is 3. The molecule has 4 rings (SSSR count). The maximum Gasteiger partial charge on any atom is 0.245 e. The first-order valence-electron chi connectivity index (χ1n) is 9.84. The molecule has 0 saturated carbocycles. The van der Waals surface area contributed by atoms with Gasteiger partial charge in [0.15, 0.2) is 0 Å². The molecule has 0 unspecified atom stereocenters. The summed E-state index contributed by atoms with van der Waals surface area (Å²) >= 11 is 0. The van der Waals surface area contributed by atoms with Gasteiger partial charge in [0.1, 0.15) is 17.8 Å². The molecule has 0 bridgehead atoms. The number of carbonyl (C=O) groups is 1. The van der Waals surface area contributed by atoms with Crippen molar-refractivity contribution in [2.45, 2.75) is 44.1 Å². The zero-order valence-electron chi connectivity index (χ0n) is 15.6. The molecule has 0 aliphatic carbocycles. The van der Waals surface area contributed by atoms with E-state index in [2.05, 4.69) is 33.0 Å². The van der Waals surface area contributed by atoms with Crippen LogP contribution in [0.3, 0.4) is 0 Å². The second-order valence-electron chi connectivity index (χ2n) is 7.38. The summed E-state index contributed by atoms with van der Waals surface area (Å²) in [6, 6.07) is 0.295. The van der Waals surface area contributed by atoms with E-state index < -0.39 is 0 Å². The molecule has 2 saturated heterocycles. The number of likely N-dealkylation sites (tertiary alicyclic amines) is 1. The van der Waals surface area contributed by atoms with Crippen LogP contribution >= 0.6 is 0 Å².